The van der Waals surface area contributed by atoms with Crippen LogP contribution < -0.4 is 14.8 Å². The van der Waals surface area contributed by atoms with Crippen LogP contribution in [0.3, 0.4) is 0 Å². The lowest BCUT2D eigenvalue weighted by molar-refractivity contribution is 0.354. The second-order valence-electron chi connectivity index (χ2n) is 7.94. The van der Waals surface area contributed by atoms with Gasteiger partial charge in [-0.1, -0.05) is 32.1 Å². The molecule has 1 aliphatic rings. The van der Waals surface area contributed by atoms with E-state index in [1.165, 1.54) is 32.1 Å². The van der Waals surface area contributed by atoms with Crippen LogP contribution >= 0.6 is 0 Å². The normalized spacial score (nSPS) is 14.9. The van der Waals surface area contributed by atoms with Crippen LogP contribution in [0.1, 0.15) is 48.9 Å². The van der Waals surface area contributed by atoms with E-state index in [2.05, 4.69) is 23.4 Å². The Morgan fingerprint density at radius 1 is 1.10 bits per heavy atom. The Labute approximate surface area is 172 Å². The minimum atomic E-state index is 0.633. The number of nitrogens with one attached hydrogen (secondary N) is 1. The third kappa shape index (κ3) is 4.31. The molecule has 0 aliphatic heterocycles. The quantitative estimate of drug-likeness (QED) is 0.624. The standard InChI is InChI=1S/C23H30N4O2/c1-16-14-25-27-22(24-15-18-9-10-20(28-2)13-21(18)29-3)12-19(26-23(16)27)11-17-7-5-4-6-8-17/h9-10,12-14,17,24H,4-8,11,15H2,1-3H3. The molecule has 0 amide bonds. The number of ether oxygens (including phenoxy) is 2. The summed E-state index contributed by atoms with van der Waals surface area (Å²) in [5, 5.41) is 8.08. The summed E-state index contributed by atoms with van der Waals surface area (Å²) in [5.41, 5.74) is 4.25. The number of benzene rings is 1. The number of aromatic nitrogens is 3. The number of aryl methyl sites for hydroxylation is 1. The van der Waals surface area contributed by atoms with Crippen LogP contribution in [0.2, 0.25) is 0 Å². The summed E-state index contributed by atoms with van der Waals surface area (Å²) in [6.45, 7) is 2.70. The van der Waals surface area contributed by atoms with E-state index in [4.69, 9.17) is 14.5 Å². The minimum Gasteiger partial charge on any atom is -0.497 e. The first-order valence-electron chi connectivity index (χ1n) is 10.5. The van der Waals surface area contributed by atoms with Crippen molar-refractivity contribution in [2.45, 2.75) is 52.0 Å². The first-order valence-corrected chi connectivity index (χ1v) is 10.5. The topological polar surface area (TPSA) is 60.7 Å². The predicted molar refractivity (Wildman–Crippen MR) is 115 cm³/mol. The van der Waals surface area contributed by atoms with Crippen LogP contribution in [0.5, 0.6) is 11.5 Å². The molecule has 1 N–H and O–H groups in total. The van der Waals surface area contributed by atoms with Gasteiger partial charge in [-0.25, -0.2) is 4.98 Å². The second kappa shape index (κ2) is 8.72. The van der Waals surface area contributed by atoms with E-state index >= 15 is 0 Å². The van der Waals surface area contributed by atoms with Crippen molar-refractivity contribution in [1.29, 1.82) is 0 Å². The highest BCUT2D eigenvalue weighted by atomic mass is 16.5. The Bertz CT molecular complexity index is 976. The van der Waals surface area contributed by atoms with E-state index in [0.29, 0.717) is 6.54 Å². The van der Waals surface area contributed by atoms with E-state index in [0.717, 1.165) is 52.1 Å². The summed E-state index contributed by atoms with van der Waals surface area (Å²) in [6, 6.07) is 8.05. The van der Waals surface area contributed by atoms with Gasteiger partial charge >= 0.3 is 0 Å². The average molecular weight is 395 g/mol. The molecule has 4 rings (SSSR count). The highest BCUT2D eigenvalue weighted by molar-refractivity contribution is 5.54. The van der Waals surface area contributed by atoms with E-state index in [1.54, 1.807) is 14.2 Å². The zero-order valence-corrected chi connectivity index (χ0v) is 17.6. The molecule has 0 radical (unpaired) electrons. The molecular weight excluding hydrogens is 364 g/mol. The summed E-state index contributed by atoms with van der Waals surface area (Å²) in [6.07, 6.45) is 9.63. The number of anilines is 1. The van der Waals surface area contributed by atoms with Crippen molar-refractivity contribution in [1.82, 2.24) is 14.6 Å². The van der Waals surface area contributed by atoms with E-state index in [1.807, 2.05) is 28.9 Å². The number of hydrogen-bond donors (Lipinski definition) is 1. The van der Waals surface area contributed by atoms with E-state index in [9.17, 15) is 0 Å². The second-order valence-corrected chi connectivity index (χ2v) is 7.94. The first kappa shape index (κ1) is 19.6. The van der Waals surface area contributed by atoms with Crippen LogP contribution in [0.4, 0.5) is 5.82 Å². The summed E-state index contributed by atoms with van der Waals surface area (Å²) in [5.74, 6) is 3.30. The first-order chi connectivity index (χ1) is 14.2. The van der Waals surface area contributed by atoms with Gasteiger partial charge < -0.3 is 14.8 Å². The lowest BCUT2D eigenvalue weighted by Gasteiger charge is -2.21. The van der Waals surface area contributed by atoms with Crippen molar-refractivity contribution < 1.29 is 9.47 Å². The molecule has 6 heteroatoms. The van der Waals surface area contributed by atoms with Crippen molar-refractivity contribution >= 4 is 11.5 Å². The Morgan fingerprint density at radius 3 is 2.69 bits per heavy atom. The van der Waals surface area contributed by atoms with Crippen molar-refractivity contribution in [3.05, 3.63) is 47.3 Å². The van der Waals surface area contributed by atoms with Gasteiger partial charge in [-0.3, -0.25) is 0 Å². The zero-order valence-electron chi connectivity index (χ0n) is 17.6. The molecule has 0 bridgehead atoms. The molecule has 1 fully saturated rings. The molecule has 0 unspecified atom stereocenters. The van der Waals surface area contributed by atoms with Gasteiger partial charge in [0.25, 0.3) is 0 Å². The van der Waals surface area contributed by atoms with E-state index < -0.39 is 0 Å². The highest BCUT2D eigenvalue weighted by Crippen LogP contribution is 2.29. The molecule has 2 heterocycles. The number of hydrogen-bond acceptors (Lipinski definition) is 5. The fourth-order valence-corrected chi connectivity index (χ4v) is 4.22. The summed E-state index contributed by atoms with van der Waals surface area (Å²) >= 11 is 0. The van der Waals surface area contributed by atoms with E-state index in [-0.39, 0.29) is 0 Å². The fourth-order valence-electron chi connectivity index (χ4n) is 4.22. The number of nitrogens with zero attached hydrogens (tertiary/aromatic N) is 3. The maximum absolute atomic E-state index is 5.54. The Balaban J connectivity index is 1.59. The molecule has 3 aromatic rings. The molecule has 1 saturated carbocycles. The molecule has 2 aromatic heterocycles. The van der Waals surface area contributed by atoms with Gasteiger partial charge in [-0.2, -0.15) is 9.61 Å². The third-order valence-corrected chi connectivity index (χ3v) is 5.88. The molecule has 0 spiro atoms. The highest BCUT2D eigenvalue weighted by Gasteiger charge is 2.17. The largest absolute Gasteiger partial charge is 0.497 e. The molecular formula is C23H30N4O2. The lowest BCUT2D eigenvalue weighted by atomic mass is 9.86. The predicted octanol–water partition coefficient (Wildman–Crippen LogP) is 4.79. The smallest absolute Gasteiger partial charge is 0.160 e. The van der Waals surface area contributed by atoms with Gasteiger partial charge in [0.2, 0.25) is 0 Å². The van der Waals surface area contributed by atoms with Crippen LogP contribution in [0.25, 0.3) is 5.65 Å². The van der Waals surface area contributed by atoms with Crippen molar-refractivity contribution in [3.63, 3.8) is 0 Å². The van der Waals surface area contributed by atoms with Crippen LogP contribution in [-0.4, -0.2) is 28.8 Å². The number of rotatable bonds is 7. The lowest BCUT2D eigenvalue weighted by Crippen LogP contribution is -2.13. The van der Waals surface area contributed by atoms with Gasteiger partial charge in [-0.05, 0) is 31.4 Å². The summed E-state index contributed by atoms with van der Waals surface area (Å²) in [7, 11) is 3.34. The monoisotopic (exact) mass is 394 g/mol. The average Bonchev–Trinajstić information content (AvgIpc) is 3.13. The van der Waals surface area contributed by atoms with Gasteiger partial charge in [0.1, 0.15) is 17.3 Å². The minimum absolute atomic E-state index is 0.633. The van der Waals surface area contributed by atoms with Gasteiger partial charge in [0, 0.05) is 35.5 Å². The summed E-state index contributed by atoms with van der Waals surface area (Å²) in [4.78, 5) is 4.92. The molecule has 1 aliphatic carbocycles. The molecule has 0 saturated heterocycles. The van der Waals surface area contributed by atoms with Gasteiger partial charge in [0.15, 0.2) is 5.65 Å². The molecule has 154 valence electrons. The maximum atomic E-state index is 5.54. The Morgan fingerprint density at radius 2 is 1.93 bits per heavy atom. The SMILES string of the molecule is COc1ccc(CNc2cc(CC3CCCCC3)nc3c(C)cnn23)c(OC)c1. The summed E-state index contributed by atoms with van der Waals surface area (Å²) < 4.78 is 12.7. The van der Waals surface area contributed by atoms with Crippen molar-refractivity contribution in [2.24, 2.45) is 5.92 Å². The zero-order chi connectivity index (χ0) is 20.2. The Kier molecular flexibility index (Phi) is 5.88. The Hall–Kier alpha value is -2.76. The van der Waals surface area contributed by atoms with Crippen LogP contribution in [-0.2, 0) is 13.0 Å². The number of fused-ring (bicyclic) bond motifs is 1. The molecule has 1 aromatic carbocycles. The van der Waals surface area contributed by atoms with Crippen LogP contribution in [0.15, 0.2) is 30.5 Å². The number of methoxy groups -OCH3 is 2. The van der Waals surface area contributed by atoms with Gasteiger partial charge in [-0.15, -0.1) is 0 Å². The van der Waals surface area contributed by atoms with Gasteiger partial charge in [0.05, 0.1) is 20.4 Å². The maximum Gasteiger partial charge on any atom is 0.160 e. The molecule has 0 atom stereocenters. The third-order valence-electron chi connectivity index (χ3n) is 5.88. The van der Waals surface area contributed by atoms with Crippen LogP contribution in [0, 0.1) is 12.8 Å². The molecule has 6 nitrogen and oxygen atoms in total. The van der Waals surface area contributed by atoms with Crippen molar-refractivity contribution in [3.8, 4) is 11.5 Å². The molecule has 29 heavy (non-hydrogen) atoms. The van der Waals surface area contributed by atoms with Crippen molar-refractivity contribution in [2.75, 3.05) is 19.5 Å². The fraction of sp³-hybridized carbons (Fsp3) is 0.478.